The normalized spacial score (nSPS) is 18.7. The van der Waals surface area contributed by atoms with Crippen molar-refractivity contribution in [3.8, 4) is 0 Å². The average Bonchev–Trinajstić information content (AvgIpc) is 3.23. The van der Waals surface area contributed by atoms with Crippen LogP contribution in [0.3, 0.4) is 0 Å². The van der Waals surface area contributed by atoms with E-state index in [0.717, 1.165) is 29.1 Å². The van der Waals surface area contributed by atoms with Crippen LogP contribution in [0.25, 0.3) is 11.2 Å². The van der Waals surface area contributed by atoms with E-state index in [1.807, 2.05) is 23.7 Å². The Balaban J connectivity index is 1.63. The minimum absolute atomic E-state index is 0.00350. The van der Waals surface area contributed by atoms with Gasteiger partial charge in [-0.3, -0.25) is 0 Å². The van der Waals surface area contributed by atoms with Crippen molar-refractivity contribution in [3.63, 3.8) is 0 Å². The molecule has 1 aromatic carbocycles. The molecule has 2 aromatic heterocycles. The van der Waals surface area contributed by atoms with Gasteiger partial charge in [-0.15, -0.1) is 0 Å². The lowest BCUT2D eigenvalue weighted by Gasteiger charge is -2.17. The van der Waals surface area contributed by atoms with Crippen molar-refractivity contribution in [2.75, 3.05) is 13.1 Å². The molecule has 1 fully saturated rings. The number of hydrogen-bond donors (Lipinski definition) is 0. The standard InChI is InChI=1S/C17H16ClFN4O2S/c1-22-16(21-15-3-2-7-20-17(15)22)11-6-8-23(10-11)26(24,25)12-4-5-14(19)13(18)9-12/h2-5,7,9,11H,6,8,10H2,1H3. The third kappa shape index (κ3) is 2.78. The summed E-state index contributed by atoms with van der Waals surface area (Å²) >= 11 is 5.74. The van der Waals surface area contributed by atoms with Crippen LogP contribution in [0, 0.1) is 5.82 Å². The van der Waals surface area contributed by atoms with E-state index < -0.39 is 15.8 Å². The van der Waals surface area contributed by atoms with Gasteiger partial charge in [0.2, 0.25) is 10.0 Å². The van der Waals surface area contributed by atoms with Gasteiger partial charge in [0.15, 0.2) is 5.65 Å². The van der Waals surface area contributed by atoms with Crippen molar-refractivity contribution < 1.29 is 12.8 Å². The first-order valence-electron chi connectivity index (χ1n) is 8.10. The molecule has 3 aromatic rings. The van der Waals surface area contributed by atoms with E-state index in [-0.39, 0.29) is 15.8 Å². The molecule has 26 heavy (non-hydrogen) atoms. The van der Waals surface area contributed by atoms with Gasteiger partial charge in [-0.1, -0.05) is 11.6 Å². The molecule has 9 heteroatoms. The molecule has 1 atom stereocenters. The Kier molecular flexibility index (Phi) is 4.21. The molecule has 0 aliphatic carbocycles. The van der Waals surface area contributed by atoms with E-state index in [1.54, 1.807) is 6.20 Å². The Morgan fingerprint density at radius 2 is 2.12 bits per heavy atom. The van der Waals surface area contributed by atoms with E-state index in [4.69, 9.17) is 11.6 Å². The van der Waals surface area contributed by atoms with Crippen LogP contribution in [-0.4, -0.2) is 40.3 Å². The van der Waals surface area contributed by atoms with E-state index in [0.29, 0.717) is 19.5 Å². The quantitative estimate of drug-likeness (QED) is 0.685. The highest BCUT2D eigenvalue weighted by Gasteiger charge is 2.35. The summed E-state index contributed by atoms with van der Waals surface area (Å²) in [4.78, 5) is 8.94. The molecule has 1 aliphatic heterocycles. The first-order valence-corrected chi connectivity index (χ1v) is 9.92. The van der Waals surface area contributed by atoms with Gasteiger partial charge in [-0.25, -0.2) is 22.8 Å². The minimum atomic E-state index is -3.73. The van der Waals surface area contributed by atoms with E-state index in [2.05, 4.69) is 9.97 Å². The summed E-state index contributed by atoms with van der Waals surface area (Å²) in [5.74, 6) is 0.144. The van der Waals surface area contributed by atoms with Crippen molar-refractivity contribution >= 4 is 32.8 Å². The third-order valence-corrected chi connectivity index (χ3v) is 6.86. The van der Waals surface area contributed by atoms with Crippen LogP contribution in [-0.2, 0) is 17.1 Å². The number of nitrogens with zero attached hydrogens (tertiary/aromatic N) is 4. The number of fused-ring (bicyclic) bond motifs is 1. The highest BCUT2D eigenvalue weighted by Crippen LogP contribution is 2.32. The molecule has 0 amide bonds. The number of hydrogen-bond acceptors (Lipinski definition) is 4. The fraction of sp³-hybridized carbons (Fsp3) is 0.294. The summed E-state index contributed by atoms with van der Waals surface area (Å²) < 4.78 is 42.3. The summed E-state index contributed by atoms with van der Waals surface area (Å²) in [6.07, 6.45) is 2.36. The molecule has 1 aliphatic rings. The summed E-state index contributed by atoms with van der Waals surface area (Å²) in [5.41, 5.74) is 1.56. The summed E-state index contributed by atoms with van der Waals surface area (Å²) in [5, 5.41) is -0.205. The Morgan fingerprint density at radius 1 is 1.31 bits per heavy atom. The molecule has 4 rings (SSSR count). The van der Waals surface area contributed by atoms with Crippen molar-refractivity contribution in [1.29, 1.82) is 0 Å². The molecule has 3 heterocycles. The van der Waals surface area contributed by atoms with Crippen LogP contribution in [0.15, 0.2) is 41.4 Å². The Labute approximate surface area is 155 Å². The zero-order valence-corrected chi connectivity index (χ0v) is 15.5. The van der Waals surface area contributed by atoms with Gasteiger partial charge in [0.25, 0.3) is 0 Å². The number of aromatic nitrogens is 3. The molecule has 1 saturated heterocycles. The number of imidazole rings is 1. The van der Waals surface area contributed by atoms with Crippen molar-refractivity contribution in [3.05, 3.63) is 53.2 Å². The van der Waals surface area contributed by atoms with Crippen LogP contribution < -0.4 is 0 Å². The number of rotatable bonds is 3. The predicted octanol–water partition coefficient (Wildman–Crippen LogP) is 2.94. The number of pyridine rings is 1. The Hall–Kier alpha value is -2.03. The lowest BCUT2D eigenvalue weighted by atomic mass is 10.1. The molecule has 6 nitrogen and oxygen atoms in total. The van der Waals surface area contributed by atoms with Crippen LogP contribution in [0.2, 0.25) is 5.02 Å². The van der Waals surface area contributed by atoms with Gasteiger partial charge >= 0.3 is 0 Å². The summed E-state index contributed by atoms with van der Waals surface area (Å²) in [6.45, 7) is 0.688. The van der Waals surface area contributed by atoms with Gasteiger partial charge in [-0.05, 0) is 36.8 Å². The molecule has 136 valence electrons. The molecule has 1 unspecified atom stereocenters. The topological polar surface area (TPSA) is 68.1 Å². The second kappa shape index (κ2) is 6.29. The predicted molar refractivity (Wildman–Crippen MR) is 96.0 cm³/mol. The van der Waals surface area contributed by atoms with Gasteiger partial charge < -0.3 is 4.57 Å². The lowest BCUT2D eigenvalue weighted by molar-refractivity contribution is 0.470. The van der Waals surface area contributed by atoms with Gasteiger partial charge in [0.1, 0.15) is 17.2 Å². The molecule has 0 saturated carbocycles. The number of benzene rings is 1. The van der Waals surface area contributed by atoms with Crippen molar-refractivity contribution in [1.82, 2.24) is 18.8 Å². The monoisotopic (exact) mass is 394 g/mol. The zero-order valence-electron chi connectivity index (χ0n) is 13.9. The second-order valence-electron chi connectivity index (χ2n) is 6.30. The molecule has 0 radical (unpaired) electrons. The van der Waals surface area contributed by atoms with E-state index >= 15 is 0 Å². The highest BCUT2D eigenvalue weighted by molar-refractivity contribution is 7.89. The van der Waals surface area contributed by atoms with Gasteiger partial charge in [-0.2, -0.15) is 4.31 Å². The fourth-order valence-electron chi connectivity index (χ4n) is 3.35. The van der Waals surface area contributed by atoms with Crippen LogP contribution >= 0.6 is 11.6 Å². The maximum absolute atomic E-state index is 13.3. The molecular weight excluding hydrogens is 379 g/mol. The van der Waals surface area contributed by atoms with Crippen molar-refractivity contribution in [2.45, 2.75) is 17.2 Å². The smallest absolute Gasteiger partial charge is 0.243 e. The summed E-state index contributed by atoms with van der Waals surface area (Å²) in [7, 11) is -1.85. The average molecular weight is 395 g/mol. The molecule has 0 N–H and O–H groups in total. The van der Waals surface area contributed by atoms with Crippen molar-refractivity contribution in [2.24, 2.45) is 7.05 Å². The van der Waals surface area contributed by atoms with Gasteiger partial charge in [0, 0.05) is 32.3 Å². The van der Waals surface area contributed by atoms with Crippen LogP contribution in [0.1, 0.15) is 18.2 Å². The fourth-order valence-corrected chi connectivity index (χ4v) is 5.12. The Bertz CT molecular complexity index is 1100. The number of sulfonamides is 1. The maximum atomic E-state index is 13.3. The second-order valence-corrected chi connectivity index (χ2v) is 8.64. The largest absolute Gasteiger partial charge is 0.316 e. The number of aryl methyl sites for hydroxylation is 1. The van der Waals surface area contributed by atoms with Crippen LogP contribution in [0.4, 0.5) is 4.39 Å². The molecule has 0 spiro atoms. The zero-order chi connectivity index (χ0) is 18.5. The minimum Gasteiger partial charge on any atom is -0.316 e. The van der Waals surface area contributed by atoms with Gasteiger partial charge in [0.05, 0.1) is 9.92 Å². The third-order valence-electron chi connectivity index (χ3n) is 4.71. The lowest BCUT2D eigenvalue weighted by Crippen LogP contribution is -2.29. The molecular formula is C17H16ClFN4O2S. The SMILES string of the molecule is Cn1c(C2CCN(S(=O)(=O)c3ccc(F)c(Cl)c3)C2)nc2cccnc21. The Morgan fingerprint density at radius 3 is 2.85 bits per heavy atom. The number of halogens is 2. The van der Waals surface area contributed by atoms with E-state index in [9.17, 15) is 12.8 Å². The summed E-state index contributed by atoms with van der Waals surface area (Å²) in [6, 6.07) is 7.17. The highest BCUT2D eigenvalue weighted by atomic mass is 35.5. The maximum Gasteiger partial charge on any atom is 0.243 e. The molecule has 0 bridgehead atoms. The van der Waals surface area contributed by atoms with E-state index in [1.165, 1.54) is 10.4 Å². The first-order chi connectivity index (χ1) is 12.4. The first kappa shape index (κ1) is 17.4. The van der Waals surface area contributed by atoms with Crippen LogP contribution in [0.5, 0.6) is 0 Å².